The number of rotatable bonds is 10. The highest BCUT2D eigenvalue weighted by Gasteiger charge is 2.55. The van der Waals surface area contributed by atoms with Gasteiger partial charge in [0, 0.05) is 10.6 Å². The second-order valence-corrected chi connectivity index (χ2v) is 9.13. The van der Waals surface area contributed by atoms with Crippen molar-refractivity contribution in [2.75, 3.05) is 6.61 Å². The Hall–Kier alpha value is -2.53. The molecule has 1 amide bonds. The van der Waals surface area contributed by atoms with E-state index in [1.54, 1.807) is 11.8 Å². The minimum atomic E-state index is -0.971. The molecular formula is C26H31NO3S. The van der Waals surface area contributed by atoms with E-state index in [1.807, 2.05) is 67.6 Å². The van der Waals surface area contributed by atoms with Gasteiger partial charge < -0.3 is 9.64 Å². The van der Waals surface area contributed by atoms with E-state index in [0.29, 0.717) is 24.2 Å². The number of carbonyl (C=O) groups is 2. The molecule has 1 aliphatic rings. The van der Waals surface area contributed by atoms with Crippen molar-refractivity contribution in [2.24, 2.45) is 0 Å². The standard InChI is InChI=1S/C26H31NO3S/c1-4-6-13-18-26(31-22-16-11-8-12-17-22)23(24(28)30-5-2)20(3)27(25(26)29)19-21-14-9-7-10-15-21/h7-12,14-17H,4-6,13,18-19H2,1-3H3/t26-/m0/s1. The molecule has 5 heteroatoms. The first-order valence-corrected chi connectivity index (χ1v) is 11.8. The lowest BCUT2D eigenvalue weighted by Crippen LogP contribution is -2.42. The first-order chi connectivity index (χ1) is 15.0. The molecule has 2 aromatic carbocycles. The Morgan fingerprint density at radius 1 is 1.00 bits per heavy atom. The summed E-state index contributed by atoms with van der Waals surface area (Å²) >= 11 is 1.49. The van der Waals surface area contributed by atoms with Crippen LogP contribution in [0.5, 0.6) is 0 Å². The van der Waals surface area contributed by atoms with E-state index in [1.165, 1.54) is 11.8 Å². The number of ether oxygens (including phenoxy) is 1. The normalized spacial score (nSPS) is 18.5. The number of allylic oxidation sites excluding steroid dienone is 1. The van der Waals surface area contributed by atoms with Gasteiger partial charge in [-0.3, -0.25) is 4.79 Å². The highest BCUT2D eigenvalue weighted by Crippen LogP contribution is 2.50. The number of esters is 1. The SMILES string of the molecule is CCCCC[C@@]1(Sc2ccccc2)C(=O)N(Cc2ccccc2)C(C)=C1C(=O)OCC. The average molecular weight is 438 g/mol. The van der Waals surface area contributed by atoms with Crippen LogP contribution in [0.1, 0.15) is 52.0 Å². The minimum Gasteiger partial charge on any atom is -0.463 e. The zero-order valence-corrected chi connectivity index (χ0v) is 19.4. The monoisotopic (exact) mass is 437 g/mol. The number of hydrogen-bond donors (Lipinski definition) is 0. The van der Waals surface area contributed by atoms with Crippen LogP contribution in [-0.4, -0.2) is 28.1 Å². The van der Waals surface area contributed by atoms with Crippen LogP contribution in [0.2, 0.25) is 0 Å². The highest BCUT2D eigenvalue weighted by molar-refractivity contribution is 8.01. The molecule has 0 radical (unpaired) electrons. The van der Waals surface area contributed by atoms with Crippen molar-refractivity contribution in [2.45, 2.75) is 62.6 Å². The highest BCUT2D eigenvalue weighted by atomic mass is 32.2. The largest absolute Gasteiger partial charge is 0.463 e. The predicted octanol–water partition coefficient (Wildman–Crippen LogP) is 5.98. The first kappa shape index (κ1) is 23.1. The Morgan fingerprint density at radius 3 is 2.26 bits per heavy atom. The molecular weight excluding hydrogens is 406 g/mol. The fourth-order valence-electron chi connectivity index (χ4n) is 4.07. The van der Waals surface area contributed by atoms with E-state index in [4.69, 9.17) is 4.74 Å². The number of benzene rings is 2. The Labute approximate surface area is 189 Å². The summed E-state index contributed by atoms with van der Waals surface area (Å²) in [6.07, 6.45) is 3.54. The van der Waals surface area contributed by atoms with Gasteiger partial charge in [0.05, 0.1) is 18.7 Å². The van der Waals surface area contributed by atoms with Gasteiger partial charge in [0.1, 0.15) is 4.75 Å². The molecule has 0 spiro atoms. The molecule has 0 aliphatic carbocycles. The smallest absolute Gasteiger partial charge is 0.337 e. The molecule has 0 saturated carbocycles. The Balaban J connectivity index is 2.07. The molecule has 0 bridgehead atoms. The van der Waals surface area contributed by atoms with Crippen molar-refractivity contribution < 1.29 is 14.3 Å². The van der Waals surface area contributed by atoms with E-state index in [-0.39, 0.29) is 18.5 Å². The molecule has 164 valence electrons. The van der Waals surface area contributed by atoms with E-state index in [0.717, 1.165) is 29.7 Å². The van der Waals surface area contributed by atoms with Crippen molar-refractivity contribution >= 4 is 23.6 Å². The van der Waals surface area contributed by atoms with Crippen LogP contribution in [0.3, 0.4) is 0 Å². The number of amides is 1. The van der Waals surface area contributed by atoms with Crippen LogP contribution < -0.4 is 0 Å². The zero-order chi connectivity index (χ0) is 22.3. The summed E-state index contributed by atoms with van der Waals surface area (Å²) in [6, 6.07) is 19.8. The van der Waals surface area contributed by atoms with E-state index >= 15 is 0 Å². The Bertz CT molecular complexity index is 926. The van der Waals surface area contributed by atoms with E-state index in [9.17, 15) is 9.59 Å². The van der Waals surface area contributed by atoms with Gasteiger partial charge in [-0.15, -0.1) is 11.8 Å². The van der Waals surface area contributed by atoms with Crippen molar-refractivity contribution in [3.8, 4) is 0 Å². The summed E-state index contributed by atoms with van der Waals surface area (Å²) in [5.41, 5.74) is 2.24. The molecule has 0 aromatic heterocycles. The molecule has 2 aromatic rings. The molecule has 31 heavy (non-hydrogen) atoms. The second kappa shape index (κ2) is 10.7. The summed E-state index contributed by atoms with van der Waals surface area (Å²) in [7, 11) is 0. The predicted molar refractivity (Wildman–Crippen MR) is 125 cm³/mol. The molecule has 0 unspecified atom stereocenters. The molecule has 0 N–H and O–H groups in total. The summed E-state index contributed by atoms with van der Waals surface area (Å²) in [6.45, 7) is 6.54. The van der Waals surface area contributed by atoms with Crippen LogP contribution in [0.25, 0.3) is 0 Å². The van der Waals surface area contributed by atoms with Gasteiger partial charge in [0.25, 0.3) is 0 Å². The zero-order valence-electron chi connectivity index (χ0n) is 18.6. The van der Waals surface area contributed by atoms with Crippen LogP contribution in [-0.2, 0) is 20.9 Å². The topological polar surface area (TPSA) is 46.6 Å². The summed E-state index contributed by atoms with van der Waals surface area (Å²) in [5.74, 6) is -0.411. The quantitative estimate of drug-likeness (QED) is 0.339. The molecule has 0 saturated heterocycles. The van der Waals surface area contributed by atoms with Crippen LogP contribution >= 0.6 is 11.8 Å². The molecule has 1 heterocycles. The van der Waals surface area contributed by atoms with Crippen LogP contribution in [0.4, 0.5) is 0 Å². The second-order valence-electron chi connectivity index (χ2n) is 7.76. The fraction of sp³-hybridized carbons (Fsp3) is 0.385. The van der Waals surface area contributed by atoms with Crippen molar-refractivity contribution in [1.29, 1.82) is 0 Å². The summed E-state index contributed by atoms with van der Waals surface area (Å²) < 4.78 is 4.48. The first-order valence-electron chi connectivity index (χ1n) is 11.0. The number of carbonyl (C=O) groups excluding carboxylic acids is 2. The van der Waals surface area contributed by atoms with Crippen molar-refractivity contribution in [1.82, 2.24) is 4.90 Å². The van der Waals surface area contributed by atoms with Gasteiger partial charge in [-0.05, 0) is 38.0 Å². The van der Waals surface area contributed by atoms with Gasteiger partial charge >= 0.3 is 5.97 Å². The molecule has 0 fully saturated rings. The van der Waals surface area contributed by atoms with Gasteiger partial charge in [-0.25, -0.2) is 4.79 Å². The molecule has 4 nitrogen and oxygen atoms in total. The van der Waals surface area contributed by atoms with Crippen molar-refractivity contribution in [3.05, 3.63) is 77.5 Å². The van der Waals surface area contributed by atoms with E-state index in [2.05, 4.69) is 6.92 Å². The third-order valence-electron chi connectivity index (χ3n) is 5.59. The van der Waals surface area contributed by atoms with Gasteiger partial charge in [-0.2, -0.15) is 0 Å². The maximum absolute atomic E-state index is 14.0. The maximum atomic E-state index is 14.0. The number of thioether (sulfide) groups is 1. The van der Waals surface area contributed by atoms with Gasteiger partial charge in [0.2, 0.25) is 5.91 Å². The third kappa shape index (κ3) is 5.04. The Kier molecular flexibility index (Phi) is 7.97. The summed E-state index contributed by atoms with van der Waals surface area (Å²) in [5, 5.41) is 0. The summed E-state index contributed by atoms with van der Waals surface area (Å²) in [4.78, 5) is 29.9. The number of nitrogens with zero attached hydrogens (tertiary/aromatic N) is 1. The number of hydrogen-bond acceptors (Lipinski definition) is 4. The lowest BCUT2D eigenvalue weighted by atomic mass is 9.92. The lowest BCUT2D eigenvalue weighted by molar-refractivity contribution is -0.140. The minimum absolute atomic E-state index is 0.0261. The van der Waals surface area contributed by atoms with Gasteiger partial charge in [-0.1, -0.05) is 74.7 Å². The van der Waals surface area contributed by atoms with Crippen molar-refractivity contribution in [3.63, 3.8) is 0 Å². The van der Waals surface area contributed by atoms with Crippen LogP contribution in [0.15, 0.2) is 76.8 Å². The maximum Gasteiger partial charge on any atom is 0.337 e. The number of unbranched alkanes of at least 4 members (excludes halogenated alkanes) is 2. The molecule has 1 atom stereocenters. The van der Waals surface area contributed by atoms with Gasteiger partial charge in [0.15, 0.2) is 0 Å². The van der Waals surface area contributed by atoms with E-state index < -0.39 is 4.75 Å². The molecule has 1 aliphatic heterocycles. The lowest BCUT2D eigenvalue weighted by Gasteiger charge is -2.30. The van der Waals surface area contributed by atoms with Crippen LogP contribution in [0, 0.1) is 0 Å². The fourth-order valence-corrected chi connectivity index (χ4v) is 5.54. The third-order valence-corrected chi connectivity index (χ3v) is 7.03. The average Bonchev–Trinajstić information content (AvgIpc) is 2.97. The molecule has 3 rings (SSSR count). The Morgan fingerprint density at radius 2 is 1.65 bits per heavy atom.